The van der Waals surface area contributed by atoms with Crippen LogP contribution in [0.3, 0.4) is 0 Å². The summed E-state index contributed by atoms with van der Waals surface area (Å²) in [5, 5.41) is 11.4. The highest BCUT2D eigenvalue weighted by Crippen LogP contribution is 2.13. The van der Waals surface area contributed by atoms with E-state index in [2.05, 4.69) is 5.32 Å². The number of carbonyl (C=O) groups excluding carboxylic acids is 3. The van der Waals surface area contributed by atoms with Crippen molar-refractivity contribution in [1.82, 2.24) is 5.32 Å². The molecule has 0 saturated heterocycles. The molecule has 0 bridgehead atoms. The van der Waals surface area contributed by atoms with Gasteiger partial charge in [0.05, 0.1) is 5.56 Å². The quantitative estimate of drug-likeness (QED) is 0.494. The Labute approximate surface area is 154 Å². The number of ether oxygens (including phenoxy) is 1. The summed E-state index contributed by atoms with van der Waals surface area (Å²) in [7, 11) is 0. The van der Waals surface area contributed by atoms with Gasteiger partial charge >= 0.3 is 11.9 Å². The van der Waals surface area contributed by atoms with Crippen molar-refractivity contribution in [1.29, 1.82) is 0 Å². The van der Waals surface area contributed by atoms with E-state index >= 15 is 0 Å². The van der Waals surface area contributed by atoms with Gasteiger partial charge in [-0.3, -0.25) is 14.4 Å². The average molecular weight is 370 g/mol. The SMILES string of the molecule is CC(=O)Oc1ccc(C(=O)N[C@@H](Cc2ccc(C(=O)O)cc2)C(N)=O)cc1. The van der Waals surface area contributed by atoms with E-state index in [0.717, 1.165) is 0 Å². The molecule has 4 N–H and O–H groups in total. The first kappa shape index (κ1) is 19.6. The Bertz CT molecular complexity index is 859. The summed E-state index contributed by atoms with van der Waals surface area (Å²) in [4.78, 5) is 45.8. The van der Waals surface area contributed by atoms with Crippen molar-refractivity contribution in [2.24, 2.45) is 5.73 Å². The van der Waals surface area contributed by atoms with Crippen molar-refractivity contribution in [2.75, 3.05) is 0 Å². The van der Waals surface area contributed by atoms with Crippen molar-refractivity contribution in [3.8, 4) is 5.75 Å². The zero-order valence-electron chi connectivity index (χ0n) is 14.5. The maximum Gasteiger partial charge on any atom is 0.335 e. The Kier molecular flexibility index (Phi) is 6.27. The number of carboxylic acid groups (broad SMARTS) is 1. The van der Waals surface area contributed by atoms with Crippen LogP contribution in [0.15, 0.2) is 48.5 Å². The molecule has 8 nitrogen and oxygen atoms in total. The summed E-state index contributed by atoms with van der Waals surface area (Å²) < 4.78 is 4.89. The number of nitrogens with one attached hydrogen (secondary N) is 1. The molecular weight excluding hydrogens is 352 g/mol. The maximum atomic E-state index is 12.3. The van der Waals surface area contributed by atoms with Gasteiger partial charge in [-0.25, -0.2) is 4.79 Å². The normalized spacial score (nSPS) is 11.3. The molecule has 27 heavy (non-hydrogen) atoms. The molecule has 0 aliphatic carbocycles. The van der Waals surface area contributed by atoms with Crippen LogP contribution >= 0.6 is 0 Å². The Morgan fingerprint density at radius 2 is 1.56 bits per heavy atom. The summed E-state index contributed by atoms with van der Waals surface area (Å²) in [5.74, 6) is -2.48. The highest BCUT2D eigenvalue weighted by atomic mass is 16.5. The molecule has 1 atom stereocenters. The minimum absolute atomic E-state index is 0.117. The number of benzene rings is 2. The molecule has 0 aromatic heterocycles. The lowest BCUT2D eigenvalue weighted by molar-refractivity contribution is -0.131. The number of rotatable bonds is 7. The molecule has 0 aliphatic heterocycles. The van der Waals surface area contributed by atoms with E-state index in [1.54, 1.807) is 12.1 Å². The number of carbonyl (C=O) groups is 4. The minimum atomic E-state index is -1.06. The molecule has 140 valence electrons. The fourth-order valence-corrected chi connectivity index (χ4v) is 2.32. The van der Waals surface area contributed by atoms with E-state index in [1.807, 2.05) is 0 Å². The number of hydrogen-bond donors (Lipinski definition) is 3. The highest BCUT2D eigenvalue weighted by molar-refractivity contribution is 5.97. The molecule has 2 rings (SSSR count). The van der Waals surface area contributed by atoms with Crippen molar-refractivity contribution < 1.29 is 29.0 Å². The van der Waals surface area contributed by atoms with Gasteiger partial charge in [-0.1, -0.05) is 12.1 Å². The number of nitrogens with two attached hydrogens (primary N) is 1. The van der Waals surface area contributed by atoms with Gasteiger partial charge < -0.3 is 20.9 Å². The van der Waals surface area contributed by atoms with Crippen LogP contribution in [-0.2, 0) is 16.0 Å². The predicted molar refractivity (Wildman–Crippen MR) is 95.3 cm³/mol. The zero-order valence-corrected chi connectivity index (χ0v) is 14.5. The largest absolute Gasteiger partial charge is 0.478 e. The fraction of sp³-hybridized carbons (Fsp3) is 0.158. The van der Waals surface area contributed by atoms with E-state index in [-0.39, 0.29) is 17.5 Å². The highest BCUT2D eigenvalue weighted by Gasteiger charge is 2.20. The molecule has 0 fully saturated rings. The van der Waals surface area contributed by atoms with Crippen LogP contribution in [0.1, 0.15) is 33.2 Å². The van der Waals surface area contributed by atoms with Gasteiger partial charge in [0.25, 0.3) is 5.91 Å². The Hall–Kier alpha value is -3.68. The van der Waals surface area contributed by atoms with Crippen molar-refractivity contribution in [3.05, 3.63) is 65.2 Å². The Morgan fingerprint density at radius 3 is 2.04 bits per heavy atom. The molecule has 0 heterocycles. The monoisotopic (exact) mass is 370 g/mol. The van der Waals surface area contributed by atoms with Gasteiger partial charge in [0, 0.05) is 18.9 Å². The summed E-state index contributed by atoms with van der Waals surface area (Å²) in [6.07, 6.45) is 0.118. The third kappa shape index (κ3) is 5.67. The third-order valence-electron chi connectivity index (χ3n) is 3.67. The number of hydrogen-bond acceptors (Lipinski definition) is 5. The van der Waals surface area contributed by atoms with E-state index in [1.165, 1.54) is 43.3 Å². The summed E-state index contributed by atoms with van der Waals surface area (Å²) in [5.41, 5.74) is 6.39. The van der Waals surface area contributed by atoms with E-state index in [0.29, 0.717) is 11.3 Å². The van der Waals surface area contributed by atoms with Crippen LogP contribution in [0, 0.1) is 0 Å². The Balaban J connectivity index is 2.06. The van der Waals surface area contributed by atoms with Crippen LogP contribution in [0.4, 0.5) is 0 Å². The molecule has 0 saturated carbocycles. The molecule has 0 aliphatic rings. The molecule has 8 heteroatoms. The van der Waals surface area contributed by atoms with Crippen LogP contribution in [0.2, 0.25) is 0 Å². The summed E-state index contributed by atoms with van der Waals surface area (Å²) >= 11 is 0. The van der Waals surface area contributed by atoms with Gasteiger partial charge in [-0.05, 0) is 42.0 Å². The number of esters is 1. The van der Waals surface area contributed by atoms with Gasteiger partial charge in [0.2, 0.25) is 5.91 Å². The number of aromatic carboxylic acids is 1. The molecule has 2 aromatic carbocycles. The molecular formula is C19H18N2O6. The predicted octanol–water partition coefficient (Wildman–Crippen LogP) is 1.14. The average Bonchev–Trinajstić information content (AvgIpc) is 2.61. The molecule has 2 aromatic rings. The number of primary amides is 1. The first-order chi connectivity index (χ1) is 12.8. The molecule has 0 unspecified atom stereocenters. The van der Waals surface area contributed by atoms with Crippen LogP contribution in [0.25, 0.3) is 0 Å². The second-order valence-electron chi connectivity index (χ2n) is 5.75. The Morgan fingerprint density at radius 1 is 1.00 bits per heavy atom. The third-order valence-corrected chi connectivity index (χ3v) is 3.67. The lowest BCUT2D eigenvalue weighted by Gasteiger charge is -2.16. The first-order valence-electron chi connectivity index (χ1n) is 7.97. The lowest BCUT2D eigenvalue weighted by atomic mass is 10.0. The van der Waals surface area contributed by atoms with Gasteiger partial charge in [0.1, 0.15) is 11.8 Å². The van der Waals surface area contributed by atoms with Gasteiger partial charge in [-0.2, -0.15) is 0 Å². The second-order valence-corrected chi connectivity index (χ2v) is 5.75. The standard InChI is InChI=1S/C19H18N2O6/c1-11(22)27-15-8-6-13(7-9-15)18(24)21-16(17(20)23)10-12-2-4-14(5-3-12)19(25)26/h2-9,16H,10H2,1H3,(H2,20,23)(H,21,24)(H,25,26)/t16-/m0/s1. The second kappa shape index (κ2) is 8.61. The van der Waals surface area contributed by atoms with E-state index < -0.39 is 29.8 Å². The number of carboxylic acids is 1. The van der Waals surface area contributed by atoms with Gasteiger partial charge in [-0.15, -0.1) is 0 Å². The van der Waals surface area contributed by atoms with Crippen molar-refractivity contribution in [2.45, 2.75) is 19.4 Å². The lowest BCUT2D eigenvalue weighted by Crippen LogP contribution is -2.45. The van der Waals surface area contributed by atoms with Crippen molar-refractivity contribution in [3.63, 3.8) is 0 Å². The van der Waals surface area contributed by atoms with Gasteiger partial charge in [0.15, 0.2) is 0 Å². The van der Waals surface area contributed by atoms with E-state index in [9.17, 15) is 19.2 Å². The van der Waals surface area contributed by atoms with E-state index in [4.69, 9.17) is 15.6 Å². The fourth-order valence-electron chi connectivity index (χ4n) is 2.32. The van der Waals surface area contributed by atoms with Crippen LogP contribution in [0.5, 0.6) is 5.75 Å². The topological polar surface area (TPSA) is 136 Å². The van der Waals surface area contributed by atoms with Crippen LogP contribution < -0.4 is 15.8 Å². The minimum Gasteiger partial charge on any atom is -0.478 e. The maximum absolute atomic E-state index is 12.3. The smallest absolute Gasteiger partial charge is 0.335 e. The molecule has 0 radical (unpaired) electrons. The molecule has 2 amide bonds. The zero-order chi connectivity index (χ0) is 20.0. The first-order valence-corrected chi connectivity index (χ1v) is 7.97. The summed E-state index contributed by atoms with van der Waals surface area (Å²) in [6.45, 7) is 1.26. The van der Waals surface area contributed by atoms with Crippen LogP contribution in [-0.4, -0.2) is 34.9 Å². The number of amides is 2. The van der Waals surface area contributed by atoms with Crippen molar-refractivity contribution >= 4 is 23.8 Å². The summed E-state index contributed by atoms with van der Waals surface area (Å²) in [6, 6.07) is 10.8. The molecule has 0 spiro atoms.